The smallest absolute Gasteiger partial charge is 0.0651 e. The summed E-state index contributed by atoms with van der Waals surface area (Å²) in [5.41, 5.74) is 11.5. The van der Waals surface area contributed by atoms with Gasteiger partial charge in [0, 0.05) is 9.35 Å². The van der Waals surface area contributed by atoms with E-state index < -0.39 is 0 Å². The van der Waals surface area contributed by atoms with Crippen molar-refractivity contribution in [2.45, 2.75) is 33.2 Å². The quantitative estimate of drug-likeness (QED) is 0.867. The van der Waals surface area contributed by atoms with Crippen LogP contribution in [0, 0.1) is 13.8 Å². The molecular weight excluding hydrogens is 306 g/mol. The van der Waals surface area contributed by atoms with E-state index in [1.54, 1.807) is 11.3 Å². The fourth-order valence-electron chi connectivity index (χ4n) is 2.19. The molecule has 1 aromatic carbocycles. The molecule has 0 saturated carbocycles. The van der Waals surface area contributed by atoms with Crippen LogP contribution >= 0.6 is 27.3 Å². The van der Waals surface area contributed by atoms with E-state index in [1.165, 1.54) is 27.1 Å². The Hall–Kier alpha value is -0.640. The average Bonchev–Trinajstić information content (AvgIpc) is 2.81. The van der Waals surface area contributed by atoms with Crippen molar-refractivity contribution >= 4 is 27.3 Å². The maximum Gasteiger partial charge on any atom is 0.0651 e. The minimum atomic E-state index is -0.00764. The Morgan fingerprint density at radius 1 is 1.28 bits per heavy atom. The monoisotopic (exact) mass is 323 g/mol. The van der Waals surface area contributed by atoms with Crippen LogP contribution in [0.2, 0.25) is 0 Å². The molecule has 1 atom stereocenters. The van der Waals surface area contributed by atoms with E-state index in [9.17, 15) is 0 Å². The van der Waals surface area contributed by atoms with Gasteiger partial charge in [-0.05, 0) is 60.0 Å². The second-order valence-corrected chi connectivity index (χ2v) is 6.40. The maximum absolute atomic E-state index is 6.45. The van der Waals surface area contributed by atoms with Crippen molar-refractivity contribution in [2.75, 3.05) is 0 Å². The molecule has 3 heteroatoms. The summed E-state index contributed by atoms with van der Waals surface area (Å²) in [7, 11) is 0. The van der Waals surface area contributed by atoms with E-state index in [-0.39, 0.29) is 6.04 Å². The van der Waals surface area contributed by atoms with E-state index in [1.807, 2.05) is 0 Å². The third-order valence-corrected chi connectivity index (χ3v) is 5.22. The average molecular weight is 324 g/mol. The Morgan fingerprint density at radius 3 is 2.67 bits per heavy atom. The van der Waals surface area contributed by atoms with Crippen LogP contribution in [-0.2, 0) is 6.42 Å². The lowest BCUT2D eigenvalue weighted by molar-refractivity contribution is 0.862. The summed E-state index contributed by atoms with van der Waals surface area (Å²) in [6.07, 6.45) is 1.04. The molecule has 1 nitrogen and oxygen atoms in total. The van der Waals surface area contributed by atoms with Gasteiger partial charge in [0.1, 0.15) is 0 Å². The van der Waals surface area contributed by atoms with Crippen molar-refractivity contribution in [3.8, 4) is 0 Å². The molecular formula is C15H18BrNS. The molecule has 2 rings (SSSR count). The van der Waals surface area contributed by atoms with Crippen molar-refractivity contribution in [3.63, 3.8) is 0 Å². The Labute approximate surface area is 121 Å². The summed E-state index contributed by atoms with van der Waals surface area (Å²) in [6.45, 7) is 6.41. The van der Waals surface area contributed by atoms with Crippen LogP contribution in [0.4, 0.5) is 0 Å². The summed E-state index contributed by atoms with van der Waals surface area (Å²) in [5, 5.41) is 2.13. The van der Waals surface area contributed by atoms with Gasteiger partial charge in [-0.2, -0.15) is 0 Å². The van der Waals surface area contributed by atoms with Crippen molar-refractivity contribution < 1.29 is 0 Å². The van der Waals surface area contributed by atoms with E-state index in [0.29, 0.717) is 0 Å². The lowest BCUT2D eigenvalue weighted by Gasteiger charge is -2.17. The molecule has 96 valence electrons. The highest BCUT2D eigenvalue weighted by atomic mass is 79.9. The van der Waals surface area contributed by atoms with Gasteiger partial charge in [-0.25, -0.2) is 0 Å². The molecule has 0 amide bonds. The van der Waals surface area contributed by atoms with Gasteiger partial charge in [0.2, 0.25) is 0 Å². The van der Waals surface area contributed by atoms with Crippen LogP contribution in [0.15, 0.2) is 28.1 Å². The lowest BCUT2D eigenvalue weighted by atomic mass is 9.96. The largest absolute Gasteiger partial charge is 0.320 e. The second-order valence-electron chi connectivity index (χ2n) is 4.60. The van der Waals surface area contributed by atoms with Crippen molar-refractivity contribution in [1.82, 2.24) is 0 Å². The summed E-state index contributed by atoms with van der Waals surface area (Å²) in [5.74, 6) is 0. The Balaban J connectivity index is 2.46. The summed E-state index contributed by atoms with van der Waals surface area (Å²) in [4.78, 5) is 1.29. The zero-order valence-corrected chi connectivity index (χ0v) is 13.4. The van der Waals surface area contributed by atoms with Gasteiger partial charge in [-0.15, -0.1) is 11.3 Å². The minimum Gasteiger partial charge on any atom is -0.320 e. The SMILES string of the molecule is CCc1ccsc1C(N)c1cc(C)c(Br)cc1C. The third kappa shape index (κ3) is 2.53. The Bertz CT molecular complexity index is 560. The third-order valence-electron chi connectivity index (χ3n) is 3.33. The van der Waals surface area contributed by atoms with Crippen LogP contribution in [-0.4, -0.2) is 0 Å². The first-order valence-corrected chi connectivity index (χ1v) is 7.80. The molecule has 0 aliphatic rings. The minimum absolute atomic E-state index is 0.00764. The van der Waals surface area contributed by atoms with Gasteiger partial charge in [0.25, 0.3) is 0 Å². The Morgan fingerprint density at radius 2 is 2.00 bits per heavy atom. The summed E-state index contributed by atoms with van der Waals surface area (Å²) >= 11 is 5.33. The fourth-order valence-corrected chi connectivity index (χ4v) is 3.67. The molecule has 2 aromatic rings. The first-order valence-electron chi connectivity index (χ1n) is 6.13. The van der Waals surface area contributed by atoms with Crippen molar-refractivity contribution in [1.29, 1.82) is 0 Å². The van der Waals surface area contributed by atoms with E-state index in [0.717, 1.165) is 10.9 Å². The van der Waals surface area contributed by atoms with Gasteiger partial charge >= 0.3 is 0 Å². The first-order chi connectivity index (χ1) is 8.54. The fraction of sp³-hybridized carbons (Fsp3) is 0.333. The van der Waals surface area contributed by atoms with Crippen LogP contribution < -0.4 is 5.73 Å². The predicted octanol–water partition coefficient (Wildman–Crippen LogP) is 4.74. The molecule has 0 aliphatic heterocycles. The Kier molecular flexibility index (Phi) is 4.25. The molecule has 0 bridgehead atoms. The molecule has 1 unspecified atom stereocenters. The molecule has 18 heavy (non-hydrogen) atoms. The molecule has 0 fully saturated rings. The number of thiophene rings is 1. The zero-order chi connectivity index (χ0) is 13.3. The van der Waals surface area contributed by atoms with E-state index in [4.69, 9.17) is 5.73 Å². The number of hydrogen-bond donors (Lipinski definition) is 1. The molecule has 0 aliphatic carbocycles. The molecule has 2 N–H and O–H groups in total. The topological polar surface area (TPSA) is 26.0 Å². The van der Waals surface area contributed by atoms with E-state index in [2.05, 4.69) is 60.3 Å². The maximum atomic E-state index is 6.45. The van der Waals surface area contributed by atoms with Crippen molar-refractivity contribution in [3.05, 3.63) is 55.2 Å². The summed E-state index contributed by atoms with van der Waals surface area (Å²) in [6, 6.07) is 6.53. The van der Waals surface area contributed by atoms with Gasteiger partial charge in [-0.1, -0.05) is 28.9 Å². The van der Waals surface area contributed by atoms with Gasteiger partial charge in [0.05, 0.1) is 6.04 Å². The molecule has 0 spiro atoms. The number of hydrogen-bond acceptors (Lipinski definition) is 2. The molecule has 1 heterocycles. The molecule has 1 aromatic heterocycles. The number of rotatable bonds is 3. The number of nitrogens with two attached hydrogens (primary N) is 1. The normalized spacial score (nSPS) is 12.7. The number of halogens is 1. The first kappa shape index (κ1) is 13.8. The number of aryl methyl sites for hydroxylation is 3. The second kappa shape index (κ2) is 5.55. The van der Waals surface area contributed by atoms with Crippen molar-refractivity contribution in [2.24, 2.45) is 5.73 Å². The standard InChI is InChI=1S/C15H18BrNS/c1-4-11-5-6-18-15(11)14(17)12-7-10(3)13(16)8-9(12)2/h5-8,14H,4,17H2,1-3H3. The highest BCUT2D eigenvalue weighted by molar-refractivity contribution is 9.10. The van der Waals surface area contributed by atoms with Gasteiger partial charge in [0.15, 0.2) is 0 Å². The van der Waals surface area contributed by atoms with Crippen LogP contribution in [0.1, 0.15) is 40.1 Å². The predicted molar refractivity (Wildman–Crippen MR) is 83.3 cm³/mol. The zero-order valence-electron chi connectivity index (χ0n) is 11.0. The summed E-state index contributed by atoms with van der Waals surface area (Å²) < 4.78 is 1.15. The van der Waals surface area contributed by atoms with Gasteiger partial charge < -0.3 is 5.73 Å². The molecule has 0 saturated heterocycles. The van der Waals surface area contributed by atoms with Crippen LogP contribution in [0.3, 0.4) is 0 Å². The highest BCUT2D eigenvalue weighted by Gasteiger charge is 2.16. The number of benzene rings is 1. The van der Waals surface area contributed by atoms with Crippen LogP contribution in [0.5, 0.6) is 0 Å². The highest BCUT2D eigenvalue weighted by Crippen LogP contribution is 2.32. The lowest BCUT2D eigenvalue weighted by Crippen LogP contribution is -2.13. The molecule has 0 radical (unpaired) electrons. The van der Waals surface area contributed by atoms with Crippen LogP contribution in [0.25, 0.3) is 0 Å². The van der Waals surface area contributed by atoms with Gasteiger partial charge in [-0.3, -0.25) is 0 Å². The van der Waals surface area contributed by atoms with E-state index >= 15 is 0 Å².